The number of aryl methyl sites for hydroxylation is 1. The number of nitrogen functional groups attached to an aromatic ring is 1. The second kappa shape index (κ2) is 5.03. The normalized spacial score (nSPS) is 10.6. The third kappa shape index (κ3) is 2.87. The van der Waals surface area contributed by atoms with Crippen molar-refractivity contribution in [3.8, 4) is 0 Å². The van der Waals surface area contributed by atoms with Gasteiger partial charge in [-0.1, -0.05) is 29.4 Å². The Morgan fingerprint density at radius 3 is 2.94 bits per heavy atom. The lowest BCUT2D eigenvalue weighted by molar-refractivity contribution is 1.10. The number of hydrogen-bond donors (Lipinski definition) is 1. The van der Waals surface area contributed by atoms with E-state index in [2.05, 4.69) is 9.36 Å². The molecule has 0 amide bonds. The maximum atomic E-state index is 5.86. The van der Waals surface area contributed by atoms with E-state index in [-0.39, 0.29) is 0 Å². The topological polar surface area (TPSA) is 51.8 Å². The molecule has 0 fully saturated rings. The van der Waals surface area contributed by atoms with Gasteiger partial charge in [0.15, 0.2) is 4.34 Å². The lowest BCUT2D eigenvalue weighted by atomic mass is 10.2. The molecule has 0 aliphatic heterocycles. The number of anilines is 1. The molecule has 0 saturated heterocycles. The van der Waals surface area contributed by atoms with Crippen molar-refractivity contribution in [3.63, 3.8) is 0 Å². The summed E-state index contributed by atoms with van der Waals surface area (Å²) in [5, 5.41) is 0.665. The first kappa shape index (κ1) is 11.7. The van der Waals surface area contributed by atoms with Crippen molar-refractivity contribution in [2.45, 2.75) is 17.0 Å². The van der Waals surface area contributed by atoms with Crippen LogP contribution in [0, 0.1) is 6.92 Å². The van der Waals surface area contributed by atoms with Crippen LogP contribution in [-0.2, 0) is 5.75 Å². The van der Waals surface area contributed by atoms with E-state index >= 15 is 0 Å². The molecule has 1 aromatic heterocycles. The summed E-state index contributed by atoms with van der Waals surface area (Å²) in [6.07, 6.45) is 0. The monoisotopic (exact) mass is 271 g/mol. The van der Waals surface area contributed by atoms with E-state index in [4.69, 9.17) is 17.3 Å². The summed E-state index contributed by atoms with van der Waals surface area (Å²) in [4.78, 5) is 4.28. The Morgan fingerprint density at radius 1 is 1.50 bits per heavy atom. The van der Waals surface area contributed by atoms with Crippen molar-refractivity contribution in [1.29, 1.82) is 0 Å². The first-order valence-electron chi connectivity index (χ1n) is 4.62. The fraction of sp³-hybridized carbons (Fsp3) is 0.200. The minimum Gasteiger partial charge on any atom is -0.398 e. The van der Waals surface area contributed by atoms with Crippen LogP contribution in [0.15, 0.2) is 22.5 Å². The zero-order chi connectivity index (χ0) is 11.5. The fourth-order valence-corrected chi connectivity index (χ4v) is 3.02. The molecule has 3 nitrogen and oxygen atoms in total. The third-order valence-corrected chi connectivity index (χ3v) is 4.18. The van der Waals surface area contributed by atoms with Crippen LogP contribution < -0.4 is 5.73 Å². The number of rotatable bonds is 3. The number of benzene rings is 1. The molecule has 84 valence electrons. The molecule has 0 unspecified atom stereocenters. The number of nitrogens with two attached hydrogens (primary N) is 1. The quantitative estimate of drug-likeness (QED) is 0.687. The molecule has 0 aliphatic rings. The summed E-state index contributed by atoms with van der Waals surface area (Å²) >= 11 is 8.88. The molecule has 2 rings (SSSR count). The van der Waals surface area contributed by atoms with E-state index in [0.29, 0.717) is 5.02 Å². The van der Waals surface area contributed by atoms with E-state index in [9.17, 15) is 0 Å². The highest BCUT2D eigenvalue weighted by atomic mass is 35.5. The predicted molar refractivity (Wildman–Crippen MR) is 70.1 cm³/mol. The lowest BCUT2D eigenvalue weighted by Crippen LogP contribution is -1.92. The molecule has 0 spiro atoms. The van der Waals surface area contributed by atoms with Gasteiger partial charge in [0.25, 0.3) is 0 Å². The Balaban J connectivity index is 2.04. The van der Waals surface area contributed by atoms with Crippen molar-refractivity contribution in [1.82, 2.24) is 9.36 Å². The van der Waals surface area contributed by atoms with Crippen molar-refractivity contribution in [2.24, 2.45) is 0 Å². The molecule has 0 atom stereocenters. The molecule has 2 N–H and O–H groups in total. The van der Waals surface area contributed by atoms with Crippen LogP contribution in [0.3, 0.4) is 0 Å². The van der Waals surface area contributed by atoms with Gasteiger partial charge in [-0.15, -0.1) is 0 Å². The molecule has 1 aromatic carbocycles. The molecular weight excluding hydrogens is 262 g/mol. The Hall–Kier alpha value is -0.780. The highest BCUT2D eigenvalue weighted by molar-refractivity contribution is 8.00. The minimum atomic E-state index is 0.665. The summed E-state index contributed by atoms with van der Waals surface area (Å²) in [5.41, 5.74) is 7.66. The largest absolute Gasteiger partial charge is 0.398 e. The van der Waals surface area contributed by atoms with E-state index in [0.717, 1.165) is 27.2 Å². The summed E-state index contributed by atoms with van der Waals surface area (Å²) in [6, 6.07) is 5.56. The smallest absolute Gasteiger partial charge is 0.170 e. The first-order chi connectivity index (χ1) is 7.65. The number of thioether (sulfide) groups is 1. The number of halogens is 1. The van der Waals surface area contributed by atoms with E-state index in [1.807, 2.05) is 19.1 Å². The van der Waals surface area contributed by atoms with Crippen LogP contribution in [0.1, 0.15) is 11.4 Å². The fourth-order valence-electron chi connectivity index (χ4n) is 1.17. The molecule has 0 aliphatic carbocycles. The van der Waals surface area contributed by atoms with Crippen molar-refractivity contribution >= 4 is 40.6 Å². The highest BCUT2D eigenvalue weighted by Crippen LogP contribution is 2.27. The van der Waals surface area contributed by atoms with Crippen LogP contribution in [0.25, 0.3) is 0 Å². The van der Waals surface area contributed by atoms with Crippen LogP contribution >= 0.6 is 34.9 Å². The Bertz CT molecular complexity index is 499. The van der Waals surface area contributed by atoms with Gasteiger partial charge < -0.3 is 5.73 Å². The van der Waals surface area contributed by atoms with Gasteiger partial charge in [0.1, 0.15) is 5.82 Å². The molecule has 0 radical (unpaired) electrons. The molecule has 0 bridgehead atoms. The molecule has 0 saturated carbocycles. The van der Waals surface area contributed by atoms with Crippen LogP contribution in [-0.4, -0.2) is 9.36 Å². The number of nitrogens with zero attached hydrogens (tertiary/aromatic N) is 2. The third-order valence-electron chi connectivity index (χ3n) is 1.97. The van der Waals surface area contributed by atoms with E-state index in [1.54, 1.807) is 17.8 Å². The number of aromatic nitrogens is 2. The second-order valence-electron chi connectivity index (χ2n) is 3.24. The van der Waals surface area contributed by atoms with Gasteiger partial charge in [0, 0.05) is 16.5 Å². The minimum absolute atomic E-state index is 0.665. The maximum absolute atomic E-state index is 5.86. The zero-order valence-corrected chi connectivity index (χ0v) is 11.0. The molecular formula is C10H10ClN3S2. The second-order valence-corrected chi connectivity index (χ2v) is 5.65. The van der Waals surface area contributed by atoms with Gasteiger partial charge >= 0.3 is 0 Å². The van der Waals surface area contributed by atoms with Crippen LogP contribution in [0.5, 0.6) is 0 Å². The van der Waals surface area contributed by atoms with E-state index in [1.165, 1.54) is 11.5 Å². The summed E-state index contributed by atoms with van der Waals surface area (Å²) < 4.78 is 5.09. The SMILES string of the molecule is Cc1nsc(SCc2ccc(Cl)cc2N)n1. The molecule has 16 heavy (non-hydrogen) atoms. The predicted octanol–water partition coefficient (Wildman–Crippen LogP) is 3.37. The Labute approximate surface area is 107 Å². The average molecular weight is 272 g/mol. The Kier molecular flexibility index (Phi) is 3.68. The summed E-state index contributed by atoms with van der Waals surface area (Å²) in [6.45, 7) is 1.89. The summed E-state index contributed by atoms with van der Waals surface area (Å²) in [7, 11) is 0. The van der Waals surface area contributed by atoms with Crippen LogP contribution in [0.4, 0.5) is 5.69 Å². The van der Waals surface area contributed by atoms with Gasteiger partial charge in [-0.3, -0.25) is 0 Å². The maximum Gasteiger partial charge on any atom is 0.170 e. The van der Waals surface area contributed by atoms with Crippen molar-refractivity contribution in [2.75, 3.05) is 5.73 Å². The van der Waals surface area contributed by atoms with Gasteiger partial charge in [-0.2, -0.15) is 4.37 Å². The summed E-state index contributed by atoms with van der Waals surface area (Å²) in [5.74, 6) is 1.61. The Morgan fingerprint density at radius 2 is 2.31 bits per heavy atom. The molecule has 1 heterocycles. The number of hydrogen-bond acceptors (Lipinski definition) is 5. The van der Waals surface area contributed by atoms with Crippen LogP contribution in [0.2, 0.25) is 5.02 Å². The highest BCUT2D eigenvalue weighted by Gasteiger charge is 2.04. The van der Waals surface area contributed by atoms with Gasteiger partial charge in [-0.05, 0) is 36.2 Å². The lowest BCUT2D eigenvalue weighted by Gasteiger charge is -2.03. The zero-order valence-electron chi connectivity index (χ0n) is 8.61. The standard InChI is InChI=1S/C10H10ClN3S2/c1-6-13-10(16-14-6)15-5-7-2-3-8(11)4-9(7)12/h2-4H,5,12H2,1H3. The van der Waals surface area contributed by atoms with Crippen molar-refractivity contribution < 1.29 is 0 Å². The van der Waals surface area contributed by atoms with E-state index < -0.39 is 0 Å². The van der Waals surface area contributed by atoms with Gasteiger partial charge in [0.05, 0.1) is 0 Å². The van der Waals surface area contributed by atoms with Gasteiger partial charge in [-0.25, -0.2) is 4.98 Å². The average Bonchev–Trinajstić information content (AvgIpc) is 2.63. The molecule has 6 heteroatoms. The molecule has 2 aromatic rings. The van der Waals surface area contributed by atoms with Gasteiger partial charge in [0.2, 0.25) is 0 Å². The first-order valence-corrected chi connectivity index (χ1v) is 6.76. The van der Waals surface area contributed by atoms with Crippen molar-refractivity contribution in [3.05, 3.63) is 34.6 Å².